The van der Waals surface area contributed by atoms with Gasteiger partial charge in [0.2, 0.25) is 0 Å². The van der Waals surface area contributed by atoms with Gasteiger partial charge in [-0.3, -0.25) is 0 Å². The molecule has 0 radical (unpaired) electrons. The van der Waals surface area contributed by atoms with Gasteiger partial charge in [0.05, 0.1) is 10.2 Å². The van der Waals surface area contributed by atoms with Crippen molar-refractivity contribution < 1.29 is 0 Å². The van der Waals surface area contributed by atoms with E-state index in [-0.39, 0.29) is 0 Å². The van der Waals surface area contributed by atoms with E-state index >= 15 is 0 Å². The molecule has 2 heterocycles. The molecular formula is C16H15N3S. The summed E-state index contributed by atoms with van der Waals surface area (Å²) in [4.78, 5) is 8.78. The number of aromatic nitrogens is 2. The van der Waals surface area contributed by atoms with E-state index in [1.165, 1.54) is 22.2 Å². The minimum atomic E-state index is 0.498. The highest BCUT2D eigenvalue weighted by Gasteiger charge is 2.38. The van der Waals surface area contributed by atoms with E-state index in [1.54, 1.807) is 17.7 Å². The molecule has 0 amide bonds. The van der Waals surface area contributed by atoms with Gasteiger partial charge in [0.1, 0.15) is 12.1 Å². The predicted octanol–water partition coefficient (Wildman–Crippen LogP) is 3.97. The summed E-state index contributed by atoms with van der Waals surface area (Å²) in [5.41, 5.74) is 3.72. The molecule has 20 heavy (non-hydrogen) atoms. The zero-order valence-corrected chi connectivity index (χ0v) is 12.0. The van der Waals surface area contributed by atoms with Crippen LogP contribution in [0.3, 0.4) is 0 Å². The van der Waals surface area contributed by atoms with Crippen LogP contribution in [0.1, 0.15) is 23.5 Å². The first-order chi connectivity index (χ1) is 9.83. The molecule has 3 nitrogen and oxygen atoms in total. The molecule has 1 N–H and O–H groups in total. The number of anilines is 1. The summed E-state index contributed by atoms with van der Waals surface area (Å²) < 4.78 is 1.17. The Morgan fingerprint density at radius 1 is 1.20 bits per heavy atom. The Balaban J connectivity index is 1.58. The van der Waals surface area contributed by atoms with Crippen LogP contribution >= 0.6 is 11.3 Å². The Hall–Kier alpha value is -1.94. The quantitative estimate of drug-likeness (QED) is 0.789. The number of fused-ring (bicyclic) bond motifs is 1. The number of hydrogen-bond acceptors (Lipinski definition) is 4. The molecule has 1 fully saturated rings. The molecular weight excluding hydrogens is 266 g/mol. The SMILES string of the molecule is Cc1csc2c(NC3CC3c3ccccc3)ncnc12. The Kier molecular flexibility index (Phi) is 2.70. The lowest BCUT2D eigenvalue weighted by Crippen LogP contribution is -2.06. The minimum absolute atomic E-state index is 0.498. The maximum absolute atomic E-state index is 4.42. The molecule has 4 heteroatoms. The van der Waals surface area contributed by atoms with Crippen LogP contribution in [0.15, 0.2) is 42.0 Å². The van der Waals surface area contributed by atoms with Crippen LogP contribution in [0, 0.1) is 6.92 Å². The molecule has 1 aliphatic carbocycles. The van der Waals surface area contributed by atoms with Gasteiger partial charge >= 0.3 is 0 Å². The van der Waals surface area contributed by atoms with Crippen molar-refractivity contribution in [1.82, 2.24) is 9.97 Å². The van der Waals surface area contributed by atoms with Gasteiger partial charge < -0.3 is 5.32 Å². The second-order valence-electron chi connectivity index (χ2n) is 5.32. The van der Waals surface area contributed by atoms with Gasteiger partial charge in [0, 0.05) is 12.0 Å². The number of benzene rings is 1. The molecule has 2 aromatic heterocycles. The van der Waals surface area contributed by atoms with Gasteiger partial charge in [-0.2, -0.15) is 0 Å². The summed E-state index contributed by atoms with van der Waals surface area (Å²) in [6.45, 7) is 2.10. The van der Waals surface area contributed by atoms with Crippen LogP contribution in [-0.2, 0) is 0 Å². The topological polar surface area (TPSA) is 37.8 Å². The summed E-state index contributed by atoms with van der Waals surface area (Å²) in [6.07, 6.45) is 2.84. The first kappa shape index (κ1) is 11.9. The van der Waals surface area contributed by atoms with Crippen molar-refractivity contribution in [3.63, 3.8) is 0 Å². The molecule has 100 valence electrons. The average molecular weight is 281 g/mol. The number of hydrogen-bond donors (Lipinski definition) is 1. The third kappa shape index (κ3) is 1.96. The van der Waals surface area contributed by atoms with Crippen molar-refractivity contribution in [3.05, 3.63) is 53.2 Å². The van der Waals surface area contributed by atoms with Crippen molar-refractivity contribution in [2.45, 2.75) is 25.3 Å². The van der Waals surface area contributed by atoms with Crippen LogP contribution in [-0.4, -0.2) is 16.0 Å². The van der Waals surface area contributed by atoms with E-state index in [1.807, 2.05) is 0 Å². The fourth-order valence-corrected chi connectivity index (χ4v) is 3.63. The molecule has 1 saturated carbocycles. The molecule has 1 aliphatic rings. The lowest BCUT2D eigenvalue weighted by Gasteiger charge is -2.06. The predicted molar refractivity (Wildman–Crippen MR) is 83.4 cm³/mol. The summed E-state index contributed by atoms with van der Waals surface area (Å²) in [7, 11) is 0. The molecule has 2 atom stereocenters. The van der Waals surface area contributed by atoms with Crippen molar-refractivity contribution in [1.29, 1.82) is 0 Å². The molecule has 0 spiro atoms. The summed E-state index contributed by atoms with van der Waals surface area (Å²) in [6, 6.07) is 11.2. The summed E-state index contributed by atoms with van der Waals surface area (Å²) in [5, 5.41) is 5.73. The fourth-order valence-electron chi connectivity index (χ4n) is 2.67. The highest BCUT2D eigenvalue weighted by Crippen LogP contribution is 2.43. The first-order valence-electron chi connectivity index (χ1n) is 6.83. The monoisotopic (exact) mass is 281 g/mol. The van der Waals surface area contributed by atoms with Crippen LogP contribution in [0.25, 0.3) is 10.2 Å². The number of aryl methyl sites for hydroxylation is 1. The van der Waals surface area contributed by atoms with Gasteiger partial charge in [-0.25, -0.2) is 9.97 Å². The lowest BCUT2D eigenvalue weighted by atomic mass is 10.1. The summed E-state index contributed by atoms with van der Waals surface area (Å²) in [5.74, 6) is 1.60. The number of rotatable bonds is 3. The van der Waals surface area contributed by atoms with Gasteiger partial charge in [-0.1, -0.05) is 30.3 Å². The fraction of sp³-hybridized carbons (Fsp3) is 0.250. The second kappa shape index (κ2) is 4.56. The number of thiophene rings is 1. The largest absolute Gasteiger partial charge is 0.365 e. The van der Waals surface area contributed by atoms with Gasteiger partial charge in [-0.05, 0) is 29.9 Å². The van der Waals surface area contributed by atoms with Crippen LogP contribution < -0.4 is 5.32 Å². The van der Waals surface area contributed by atoms with Crippen LogP contribution in [0.4, 0.5) is 5.82 Å². The average Bonchev–Trinajstić information content (AvgIpc) is 3.15. The van der Waals surface area contributed by atoms with Gasteiger partial charge in [0.15, 0.2) is 0 Å². The molecule has 0 aliphatic heterocycles. The smallest absolute Gasteiger partial charge is 0.147 e. The lowest BCUT2D eigenvalue weighted by molar-refractivity contribution is 1.03. The van der Waals surface area contributed by atoms with Gasteiger partial charge in [-0.15, -0.1) is 11.3 Å². The zero-order chi connectivity index (χ0) is 13.5. The zero-order valence-electron chi connectivity index (χ0n) is 11.2. The van der Waals surface area contributed by atoms with E-state index in [0.717, 1.165) is 11.3 Å². The maximum Gasteiger partial charge on any atom is 0.147 e. The molecule has 3 aromatic rings. The van der Waals surface area contributed by atoms with E-state index in [0.29, 0.717) is 12.0 Å². The number of nitrogens with zero attached hydrogens (tertiary/aromatic N) is 2. The highest BCUT2D eigenvalue weighted by molar-refractivity contribution is 7.18. The van der Waals surface area contributed by atoms with E-state index in [2.05, 4.69) is 57.9 Å². The maximum atomic E-state index is 4.42. The van der Waals surface area contributed by atoms with E-state index in [9.17, 15) is 0 Å². The molecule has 4 rings (SSSR count). The Morgan fingerprint density at radius 2 is 2.05 bits per heavy atom. The molecule has 1 aromatic carbocycles. The van der Waals surface area contributed by atoms with E-state index < -0.39 is 0 Å². The molecule has 2 unspecified atom stereocenters. The molecule has 0 saturated heterocycles. The minimum Gasteiger partial charge on any atom is -0.365 e. The normalized spacial score (nSPS) is 21.1. The first-order valence-corrected chi connectivity index (χ1v) is 7.71. The summed E-state index contributed by atoms with van der Waals surface area (Å²) >= 11 is 1.72. The number of nitrogens with one attached hydrogen (secondary N) is 1. The molecule has 0 bridgehead atoms. The van der Waals surface area contributed by atoms with Crippen LogP contribution in [0.5, 0.6) is 0 Å². The van der Waals surface area contributed by atoms with Crippen molar-refractivity contribution in [2.24, 2.45) is 0 Å². The Morgan fingerprint density at radius 3 is 2.90 bits per heavy atom. The Bertz CT molecular complexity index is 751. The van der Waals surface area contributed by atoms with Crippen LogP contribution in [0.2, 0.25) is 0 Å². The third-order valence-electron chi connectivity index (χ3n) is 3.87. The van der Waals surface area contributed by atoms with Crippen molar-refractivity contribution in [2.75, 3.05) is 5.32 Å². The van der Waals surface area contributed by atoms with Crippen molar-refractivity contribution in [3.8, 4) is 0 Å². The third-order valence-corrected chi connectivity index (χ3v) is 4.96. The standard InChI is InChI=1S/C16H15N3S/c1-10-8-20-15-14(10)17-9-18-16(15)19-13-7-12(13)11-5-3-2-4-6-11/h2-6,8-9,12-13H,7H2,1H3,(H,17,18,19). The van der Waals surface area contributed by atoms with E-state index in [4.69, 9.17) is 0 Å². The Labute approximate surface area is 121 Å². The van der Waals surface area contributed by atoms with Gasteiger partial charge in [0.25, 0.3) is 0 Å². The highest BCUT2D eigenvalue weighted by atomic mass is 32.1. The second-order valence-corrected chi connectivity index (χ2v) is 6.20. The van der Waals surface area contributed by atoms with Crippen molar-refractivity contribution >= 4 is 27.4 Å².